The van der Waals surface area contributed by atoms with E-state index in [1.165, 1.54) is 0 Å². The first-order valence-corrected chi connectivity index (χ1v) is 6.07. The van der Waals surface area contributed by atoms with E-state index in [1.54, 1.807) is 18.2 Å². The highest BCUT2D eigenvalue weighted by atomic mass is 16.5. The van der Waals surface area contributed by atoms with E-state index in [0.717, 1.165) is 22.4 Å². The zero-order valence-electron chi connectivity index (χ0n) is 11.3. The first-order valence-electron chi connectivity index (χ1n) is 6.07. The van der Waals surface area contributed by atoms with Gasteiger partial charge in [0.1, 0.15) is 5.75 Å². The molecule has 0 aliphatic heterocycles. The van der Waals surface area contributed by atoms with Crippen molar-refractivity contribution in [2.24, 2.45) is 0 Å². The second-order valence-electron chi connectivity index (χ2n) is 4.62. The largest absolute Gasteiger partial charge is 0.455 e. The number of nitrogens with two attached hydrogens (primary N) is 1. The van der Waals surface area contributed by atoms with Crippen molar-refractivity contribution in [3.8, 4) is 17.6 Å². The molecule has 2 aromatic rings. The lowest BCUT2D eigenvalue weighted by Gasteiger charge is -2.15. The van der Waals surface area contributed by atoms with E-state index < -0.39 is 0 Å². The molecular weight excluding hydrogens is 236 g/mol. The molecular formula is C16H16N2O. The molecule has 2 aromatic carbocycles. The number of ether oxygens (including phenoxy) is 1. The Balaban J connectivity index is 2.48. The van der Waals surface area contributed by atoms with Crippen LogP contribution in [0.15, 0.2) is 30.3 Å². The van der Waals surface area contributed by atoms with Crippen LogP contribution in [-0.4, -0.2) is 0 Å². The van der Waals surface area contributed by atoms with Gasteiger partial charge < -0.3 is 10.5 Å². The van der Waals surface area contributed by atoms with Crippen molar-refractivity contribution < 1.29 is 4.74 Å². The quantitative estimate of drug-likeness (QED) is 0.826. The lowest BCUT2D eigenvalue weighted by Crippen LogP contribution is -1.97. The lowest BCUT2D eigenvalue weighted by molar-refractivity contribution is 0.476. The average Bonchev–Trinajstić information content (AvgIpc) is 2.41. The number of hydrogen-bond acceptors (Lipinski definition) is 3. The number of benzene rings is 2. The lowest BCUT2D eigenvalue weighted by atomic mass is 10.1. The highest BCUT2D eigenvalue weighted by molar-refractivity contribution is 5.58. The highest BCUT2D eigenvalue weighted by Crippen LogP contribution is 2.33. The van der Waals surface area contributed by atoms with Crippen LogP contribution in [-0.2, 0) is 0 Å². The van der Waals surface area contributed by atoms with Crippen LogP contribution in [0.25, 0.3) is 0 Å². The van der Waals surface area contributed by atoms with Crippen LogP contribution >= 0.6 is 0 Å². The van der Waals surface area contributed by atoms with Gasteiger partial charge in [-0.25, -0.2) is 0 Å². The maximum absolute atomic E-state index is 8.93. The molecule has 3 heteroatoms. The standard InChI is InChI=1S/C16H16N2O/c1-10-4-5-11(2)16(12(10)3)19-15-8-13(9-17)6-7-14(15)18/h4-8H,18H2,1-3H3. The summed E-state index contributed by atoms with van der Waals surface area (Å²) in [6.07, 6.45) is 0. The summed E-state index contributed by atoms with van der Waals surface area (Å²) in [6, 6.07) is 11.2. The molecule has 0 amide bonds. The Kier molecular flexibility index (Phi) is 3.43. The van der Waals surface area contributed by atoms with Crippen molar-refractivity contribution in [3.05, 3.63) is 52.6 Å². The summed E-state index contributed by atoms with van der Waals surface area (Å²) in [5, 5.41) is 8.93. The minimum atomic E-state index is 0.524. The zero-order chi connectivity index (χ0) is 14.0. The second kappa shape index (κ2) is 5.03. The molecule has 2 N–H and O–H groups in total. The van der Waals surface area contributed by atoms with E-state index in [2.05, 4.69) is 12.1 Å². The summed E-state index contributed by atoms with van der Waals surface area (Å²) in [7, 11) is 0. The number of nitrogen functional groups attached to an aromatic ring is 1. The van der Waals surface area contributed by atoms with Gasteiger partial charge in [-0.15, -0.1) is 0 Å². The van der Waals surface area contributed by atoms with Gasteiger partial charge in [0.15, 0.2) is 5.75 Å². The summed E-state index contributed by atoms with van der Waals surface area (Å²) in [6.45, 7) is 6.05. The fourth-order valence-corrected chi connectivity index (χ4v) is 1.88. The zero-order valence-corrected chi connectivity index (χ0v) is 11.3. The van der Waals surface area contributed by atoms with Crippen LogP contribution in [0.2, 0.25) is 0 Å². The van der Waals surface area contributed by atoms with Crippen molar-refractivity contribution in [2.45, 2.75) is 20.8 Å². The van der Waals surface area contributed by atoms with E-state index in [9.17, 15) is 0 Å². The summed E-state index contributed by atoms with van der Waals surface area (Å²) in [5.41, 5.74) is 10.3. The van der Waals surface area contributed by atoms with Crippen LogP contribution in [0, 0.1) is 32.1 Å². The fraction of sp³-hybridized carbons (Fsp3) is 0.188. The predicted molar refractivity (Wildman–Crippen MR) is 76.3 cm³/mol. The molecule has 0 heterocycles. The molecule has 0 saturated carbocycles. The molecule has 0 unspecified atom stereocenters. The van der Waals surface area contributed by atoms with E-state index in [1.807, 2.05) is 26.8 Å². The molecule has 0 spiro atoms. The number of aryl methyl sites for hydroxylation is 2. The van der Waals surface area contributed by atoms with Crippen molar-refractivity contribution in [1.82, 2.24) is 0 Å². The van der Waals surface area contributed by atoms with Crippen molar-refractivity contribution in [3.63, 3.8) is 0 Å². The third kappa shape index (κ3) is 2.53. The van der Waals surface area contributed by atoms with Gasteiger partial charge in [0, 0.05) is 6.07 Å². The van der Waals surface area contributed by atoms with Crippen molar-refractivity contribution in [1.29, 1.82) is 5.26 Å². The Labute approximate surface area is 113 Å². The van der Waals surface area contributed by atoms with Gasteiger partial charge in [-0.1, -0.05) is 12.1 Å². The summed E-state index contributed by atoms with van der Waals surface area (Å²) in [5.74, 6) is 1.33. The van der Waals surface area contributed by atoms with E-state index in [4.69, 9.17) is 15.7 Å². The molecule has 0 aromatic heterocycles. The SMILES string of the molecule is Cc1ccc(C)c(Oc2cc(C#N)ccc2N)c1C. The van der Waals surface area contributed by atoms with E-state index in [0.29, 0.717) is 17.0 Å². The van der Waals surface area contributed by atoms with Crippen molar-refractivity contribution >= 4 is 5.69 Å². The molecule has 2 rings (SSSR count). The first-order chi connectivity index (χ1) is 9.02. The molecule has 0 aliphatic rings. The summed E-state index contributed by atoms with van der Waals surface area (Å²) >= 11 is 0. The Morgan fingerprint density at radius 3 is 2.42 bits per heavy atom. The van der Waals surface area contributed by atoms with Gasteiger partial charge in [-0.05, 0) is 49.6 Å². The minimum absolute atomic E-state index is 0.524. The summed E-state index contributed by atoms with van der Waals surface area (Å²) < 4.78 is 5.92. The van der Waals surface area contributed by atoms with Crippen LogP contribution in [0.3, 0.4) is 0 Å². The normalized spacial score (nSPS) is 10.0. The molecule has 0 atom stereocenters. The number of hydrogen-bond donors (Lipinski definition) is 1. The Morgan fingerprint density at radius 2 is 1.74 bits per heavy atom. The molecule has 0 radical (unpaired) electrons. The minimum Gasteiger partial charge on any atom is -0.455 e. The van der Waals surface area contributed by atoms with Crippen LogP contribution in [0.1, 0.15) is 22.3 Å². The fourth-order valence-electron chi connectivity index (χ4n) is 1.88. The number of nitriles is 1. The van der Waals surface area contributed by atoms with E-state index >= 15 is 0 Å². The van der Waals surface area contributed by atoms with Crippen molar-refractivity contribution in [2.75, 3.05) is 5.73 Å². The third-order valence-corrected chi connectivity index (χ3v) is 3.23. The van der Waals surface area contributed by atoms with Gasteiger partial charge in [-0.2, -0.15) is 5.26 Å². The first kappa shape index (κ1) is 13.0. The Morgan fingerprint density at radius 1 is 1.05 bits per heavy atom. The van der Waals surface area contributed by atoms with E-state index in [-0.39, 0.29) is 0 Å². The predicted octanol–water partition coefficient (Wildman–Crippen LogP) is 3.86. The second-order valence-corrected chi connectivity index (χ2v) is 4.62. The van der Waals surface area contributed by atoms with Gasteiger partial charge in [0.2, 0.25) is 0 Å². The van der Waals surface area contributed by atoms with Gasteiger partial charge in [0.25, 0.3) is 0 Å². The van der Waals surface area contributed by atoms with Crippen LogP contribution in [0.4, 0.5) is 5.69 Å². The maximum Gasteiger partial charge on any atom is 0.151 e. The Bertz CT molecular complexity index is 669. The third-order valence-electron chi connectivity index (χ3n) is 3.23. The van der Waals surface area contributed by atoms with Gasteiger partial charge >= 0.3 is 0 Å². The van der Waals surface area contributed by atoms with Crippen LogP contribution < -0.4 is 10.5 Å². The van der Waals surface area contributed by atoms with Crippen LogP contribution in [0.5, 0.6) is 11.5 Å². The number of rotatable bonds is 2. The molecule has 96 valence electrons. The molecule has 0 bridgehead atoms. The number of anilines is 1. The average molecular weight is 252 g/mol. The monoisotopic (exact) mass is 252 g/mol. The number of nitrogens with zero attached hydrogens (tertiary/aromatic N) is 1. The molecule has 0 aliphatic carbocycles. The molecule has 0 fully saturated rings. The summed E-state index contributed by atoms with van der Waals surface area (Å²) in [4.78, 5) is 0. The molecule has 19 heavy (non-hydrogen) atoms. The van der Waals surface area contributed by atoms with Gasteiger partial charge in [-0.3, -0.25) is 0 Å². The maximum atomic E-state index is 8.93. The molecule has 3 nitrogen and oxygen atoms in total. The molecule has 0 saturated heterocycles. The topological polar surface area (TPSA) is 59.0 Å². The highest BCUT2D eigenvalue weighted by Gasteiger charge is 2.10. The Hall–Kier alpha value is -2.47. The smallest absolute Gasteiger partial charge is 0.151 e. The van der Waals surface area contributed by atoms with Gasteiger partial charge in [0.05, 0.1) is 17.3 Å².